The topological polar surface area (TPSA) is 56.5 Å². The summed E-state index contributed by atoms with van der Waals surface area (Å²) < 4.78 is 11.7. The van der Waals surface area contributed by atoms with Gasteiger partial charge < -0.3 is 9.15 Å². The van der Waals surface area contributed by atoms with E-state index in [0.717, 1.165) is 11.1 Å². The molecule has 0 fully saturated rings. The Hall–Kier alpha value is -3.37. The smallest absolute Gasteiger partial charge is 0.343 e. The van der Waals surface area contributed by atoms with Crippen molar-refractivity contribution in [2.24, 2.45) is 0 Å². The van der Waals surface area contributed by atoms with Crippen LogP contribution in [0.3, 0.4) is 0 Å². The maximum atomic E-state index is 13.4. The standard InChI is InChI=1S/C27H23ClO4/c1-16-5-14-22-21(15-16)23(29)25(32-26(30)18-8-12-20(28)13-9-18)24(31-22)17-6-10-19(11-7-17)27(2,3)4/h5-15H,1-4H3. The van der Waals surface area contributed by atoms with Crippen LogP contribution < -0.4 is 10.2 Å². The lowest BCUT2D eigenvalue weighted by Gasteiger charge is -2.19. The summed E-state index contributed by atoms with van der Waals surface area (Å²) in [5, 5.41) is 0.862. The molecule has 0 saturated carbocycles. The number of rotatable bonds is 3. The molecule has 4 nitrogen and oxygen atoms in total. The summed E-state index contributed by atoms with van der Waals surface area (Å²) in [6, 6.07) is 19.4. The van der Waals surface area contributed by atoms with Crippen LogP contribution in [0.1, 0.15) is 42.3 Å². The number of fused-ring (bicyclic) bond motifs is 1. The van der Waals surface area contributed by atoms with Gasteiger partial charge in [-0.05, 0) is 54.3 Å². The van der Waals surface area contributed by atoms with Gasteiger partial charge in [-0.2, -0.15) is 0 Å². The van der Waals surface area contributed by atoms with E-state index in [9.17, 15) is 9.59 Å². The number of halogens is 1. The number of hydrogen-bond donors (Lipinski definition) is 0. The second kappa shape index (κ2) is 8.29. The molecule has 3 aromatic carbocycles. The van der Waals surface area contributed by atoms with Gasteiger partial charge in [0.1, 0.15) is 5.58 Å². The normalized spacial score (nSPS) is 11.5. The van der Waals surface area contributed by atoms with Crippen LogP contribution in [0, 0.1) is 6.92 Å². The van der Waals surface area contributed by atoms with Crippen molar-refractivity contribution >= 4 is 28.5 Å². The summed E-state index contributed by atoms with van der Waals surface area (Å²) in [6.07, 6.45) is 0. The third kappa shape index (κ3) is 4.32. The minimum absolute atomic E-state index is 0.0237. The van der Waals surface area contributed by atoms with E-state index < -0.39 is 11.4 Å². The Morgan fingerprint density at radius 2 is 1.59 bits per heavy atom. The van der Waals surface area contributed by atoms with E-state index in [0.29, 0.717) is 21.6 Å². The Balaban J connectivity index is 1.87. The van der Waals surface area contributed by atoms with Crippen molar-refractivity contribution in [2.45, 2.75) is 33.1 Å². The van der Waals surface area contributed by atoms with Crippen LogP contribution in [0.4, 0.5) is 0 Å². The van der Waals surface area contributed by atoms with Crippen molar-refractivity contribution in [3.63, 3.8) is 0 Å². The van der Waals surface area contributed by atoms with Crippen LogP contribution in [-0.4, -0.2) is 5.97 Å². The van der Waals surface area contributed by atoms with Gasteiger partial charge in [0.05, 0.1) is 10.9 Å². The molecule has 32 heavy (non-hydrogen) atoms. The van der Waals surface area contributed by atoms with Crippen molar-refractivity contribution < 1.29 is 13.9 Å². The second-order valence-corrected chi connectivity index (χ2v) is 9.25. The molecule has 0 bridgehead atoms. The first kappa shape index (κ1) is 21.8. The maximum absolute atomic E-state index is 13.4. The SMILES string of the molecule is Cc1ccc2oc(-c3ccc(C(C)(C)C)cc3)c(OC(=O)c3ccc(Cl)cc3)c(=O)c2c1. The zero-order valence-electron chi connectivity index (χ0n) is 18.4. The van der Waals surface area contributed by atoms with E-state index >= 15 is 0 Å². The lowest BCUT2D eigenvalue weighted by molar-refractivity contribution is 0.0731. The molecule has 0 spiro atoms. The predicted molar refractivity (Wildman–Crippen MR) is 128 cm³/mol. The first-order valence-electron chi connectivity index (χ1n) is 10.3. The van der Waals surface area contributed by atoms with Crippen molar-refractivity contribution in [1.29, 1.82) is 0 Å². The van der Waals surface area contributed by atoms with Crippen LogP contribution in [-0.2, 0) is 5.41 Å². The number of aryl methyl sites for hydroxylation is 1. The van der Waals surface area contributed by atoms with Crippen molar-refractivity contribution in [3.05, 3.63) is 98.7 Å². The number of esters is 1. The second-order valence-electron chi connectivity index (χ2n) is 8.81. The third-order valence-corrected chi connectivity index (χ3v) is 5.54. The number of carbonyl (C=O) groups excluding carboxylic acids is 1. The molecule has 0 N–H and O–H groups in total. The Labute approximate surface area is 191 Å². The number of hydrogen-bond acceptors (Lipinski definition) is 4. The van der Waals surface area contributed by atoms with E-state index in [2.05, 4.69) is 20.8 Å². The van der Waals surface area contributed by atoms with Gasteiger partial charge in [0.2, 0.25) is 11.2 Å². The molecule has 0 aliphatic carbocycles. The first-order chi connectivity index (χ1) is 15.1. The average molecular weight is 447 g/mol. The molecule has 0 aliphatic heterocycles. The fourth-order valence-corrected chi connectivity index (χ4v) is 3.56. The molecule has 0 amide bonds. The van der Waals surface area contributed by atoms with Crippen LogP contribution in [0.2, 0.25) is 5.02 Å². The van der Waals surface area contributed by atoms with E-state index in [1.165, 1.54) is 0 Å². The van der Waals surface area contributed by atoms with Gasteiger partial charge in [-0.25, -0.2) is 4.79 Å². The molecule has 1 heterocycles. The Morgan fingerprint density at radius 1 is 0.938 bits per heavy atom. The Bertz CT molecular complexity index is 1360. The van der Waals surface area contributed by atoms with Gasteiger partial charge in [0, 0.05) is 10.6 Å². The largest absolute Gasteiger partial charge is 0.452 e. The highest BCUT2D eigenvalue weighted by Crippen LogP contribution is 2.33. The lowest BCUT2D eigenvalue weighted by atomic mass is 9.86. The van der Waals surface area contributed by atoms with E-state index in [1.807, 2.05) is 37.3 Å². The van der Waals surface area contributed by atoms with Crippen LogP contribution in [0.25, 0.3) is 22.3 Å². The molecule has 0 aliphatic rings. The van der Waals surface area contributed by atoms with Gasteiger partial charge in [-0.15, -0.1) is 0 Å². The summed E-state index contributed by atoms with van der Waals surface area (Å²) >= 11 is 5.91. The molecule has 0 saturated heterocycles. The van der Waals surface area contributed by atoms with Gasteiger partial charge >= 0.3 is 5.97 Å². The molecule has 0 atom stereocenters. The van der Waals surface area contributed by atoms with Gasteiger partial charge in [0.15, 0.2) is 5.76 Å². The molecular weight excluding hydrogens is 424 g/mol. The quantitative estimate of drug-likeness (QED) is 0.320. The highest BCUT2D eigenvalue weighted by Gasteiger charge is 2.22. The Kier molecular flexibility index (Phi) is 5.66. The highest BCUT2D eigenvalue weighted by molar-refractivity contribution is 6.30. The van der Waals surface area contributed by atoms with Crippen LogP contribution >= 0.6 is 11.6 Å². The average Bonchev–Trinajstić information content (AvgIpc) is 2.76. The molecule has 4 aromatic rings. The molecule has 162 valence electrons. The molecule has 1 aromatic heterocycles. The summed E-state index contributed by atoms with van der Waals surface area (Å²) in [6.45, 7) is 8.26. The van der Waals surface area contributed by atoms with E-state index in [-0.39, 0.29) is 22.5 Å². The van der Waals surface area contributed by atoms with Crippen molar-refractivity contribution in [1.82, 2.24) is 0 Å². The summed E-state index contributed by atoms with van der Waals surface area (Å²) in [5.74, 6) is -0.575. The van der Waals surface area contributed by atoms with Gasteiger partial charge in [-0.3, -0.25) is 4.79 Å². The van der Waals surface area contributed by atoms with Gasteiger partial charge in [-0.1, -0.05) is 68.3 Å². The van der Waals surface area contributed by atoms with Crippen molar-refractivity contribution in [2.75, 3.05) is 0 Å². The highest BCUT2D eigenvalue weighted by atomic mass is 35.5. The zero-order valence-corrected chi connectivity index (χ0v) is 19.1. The predicted octanol–water partition coefficient (Wildman–Crippen LogP) is 6.94. The molecule has 0 unspecified atom stereocenters. The number of benzene rings is 3. The minimum atomic E-state index is -0.659. The Morgan fingerprint density at radius 3 is 2.22 bits per heavy atom. The minimum Gasteiger partial charge on any atom is -0.452 e. The van der Waals surface area contributed by atoms with Crippen LogP contribution in [0.5, 0.6) is 5.75 Å². The molecule has 0 radical (unpaired) electrons. The number of ether oxygens (including phenoxy) is 1. The van der Waals surface area contributed by atoms with E-state index in [1.54, 1.807) is 36.4 Å². The number of carbonyl (C=O) groups is 1. The zero-order chi connectivity index (χ0) is 23.0. The van der Waals surface area contributed by atoms with Crippen LogP contribution in [0.15, 0.2) is 75.9 Å². The molecule has 5 heteroatoms. The fourth-order valence-electron chi connectivity index (χ4n) is 3.43. The molecular formula is C27H23ClO4. The summed E-state index contributed by atoms with van der Waals surface area (Å²) in [5.41, 5.74) is 2.99. The summed E-state index contributed by atoms with van der Waals surface area (Å²) in [7, 11) is 0. The lowest BCUT2D eigenvalue weighted by Crippen LogP contribution is -2.16. The van der Waals surface area contributed by atoms with E-state index in [4.69, 9.17) is 20.8 Å². The fraction of sp³-hybridized carbons (Fsp3) is 0.185. The third-order valence-electron chi connectivity index (χ3n) is 5.29. The first-order valence-corrected chi connectivity index (χ1v) is 10.7. The molecule has 4 rings (SSSR count). The maximum Gasteiger partial charge on any atom is 0.343 e. The summed E-state index contributed by atoms with van der Waals surface area (Å²) in [4.78, 5) is 26.2. The monoisotopic (exact) mass is 446 g/mol. The van der Waals surface area contributed by atoms with Gasteiger partial charge in [0.25, 0.3) is 0 Å². The van der Waals surface area contributed by atoms with Crippen molar-refractivity contribution in [3.8, 4) is 17.1 Å².